The highest BCUT2D eigenvalue weighted by molar-refractivity contribution is 6.83. The second-order valence-corrected chi connectivity index (χ2v) is 17.4. The van der Waals surface area contributed by atoms with Crippen LogP contribution in [0.25, 0.3) is 0 Å². The number of hydrogen-bond acceptors (Lipinski definition) is 1. The van der Waals surface area contributed by atoms with Crippen molar-refractivity contribution in [2.24, 2.45) is 5.92 Å². The molecule has 134 valence electrons. The third-order valence-corrected chi connectivity index (χ3v) is 10.4. The van der Waals surface area contributed by atoms with Crippen molar-refractivity contribution in [1.29, 1.82) is 0 Å². The van der Waals surface area contributed by atoms with E-state index in [1.54, 1.807) is 0 Å². The van der Waals surface area contributed by atoms with Gasteiger partial charge in [0.1, 0.15) is 8.07 Å². The molecule has 0 aliphatic rings. The summed E-state index contributed by atoms with van der Waals surface area (Å²) in [4.78, 5) is 0. The van der Waals surface area contributed by atoms with Crippen molar-refractivity contribution in [1.82, 2.24) is 0 Å². The minimum atomic E-state index is -1.64. The van der Waals surface area contributed by atoms with Crippen LogP contribution >= 0.6 is 0 Å². The summed E-state index contributed by atoms with van der Waals surface area (Å²) in [5, 5.41) is 0. The third-order valence-electron chi connectivity index (χ3n) is 4.84. The Hall–Kier alpha value is -0.826. The predicted molar refractivity (Wildman–Crippen MR) is 112 cm³/mol. The highest BCUT2D eigenvalue weighted by atomic mass is 28.4. The molecule has 1 aromatic rings. The molecule has 0 spiro atoms. The molecule has 0 bridgehead atoms. The highest BCUT2D eigenvalue weighted by Crippen LogP contribution is 2.35. The summed E-state index contributed by atoms with van der Waals surface area (Å²) in [7, 11) is -2.94. The maximum atomic E-state index is 6.90. The maximum absolute atomic E-state index is 6.90. The number of hydrogen-bond donors (Lipinski definition) is 0. The molecule has 24 heavy (non-hydrogen) atoms. The smallest absolute Gasteiger partial charge is 0.192 e. The lowest BCUT2D eigenvalue weighted by molar-refractivity contribution is 0.133. The molecule has 1 rings (SSSR count). The second-order valence-electron chi connectivity index (χ2n) is 7.93. The monoisotopic (exact) mass is 360 g/mol. The van der Waals surface area contributed by atoms with Gasteiger partial charge in [-0.1, -0.05) is 77.7 Å². The molecule has 1 aromatic carbocycles. The highest BCUT2D eigenvalue weighted by Gasteiger charge is 2.34. The summed E-state index contributed by atoms with van der Waals surface area (Å²) in [6, 6.07) is 14.3. The van der Waals surface area contributed by atoms with Crippen LogP contribution in [0.5, 0.6) is 0 Å². The first-order valence-electron chi connectivity index (χ1n) is 9.49. The van der Waals surface area contributed by atoms with Crippen LogP contribution in [-0.2, 0) is 4.43 Å². The van der Waals surface area contributed by atoms with Gasteiger partial charge in [-0.25, -0.2) is 0 Å². The Morgan fingerprint density at radius 3 is 1.96 bits per heavy atom. The first-order valence-corrected chi connectivity index (χ1v) is 15.5. The van der Waals surface area contributed by atoms with E-state index in [9.17, 15) is 0 Å². The van der Waals surface area contributed by atoms with E-state index in [0.717, 1.165) is 6.42 Å². The molecule has 0 heterocycles. The lowest BCUT2D eigenvalue weighted by Gasteiger charge is -2.36. The van der Waals surface area contributed by atoms with Crippen molar-refractivity contribution in [3.8, 4) is 11.5 Å². The fourth-order valence-electron chi connectivity index (χ4n) is 3.01. The van der Waals surface area contributed by atoms with Crippen molar-refractivity contribution >= 4 is 16.4 Å². The Kier molecular flexibility index (Phi) is 8.49. The Labute approximate surface area is 152 Å². The van der Waals surface area contributed by atoms with Crippen molar-refractivity contribution in [2.75, 3.05) is 0 Å². The molecule has 0 aromatic heterocycles. The molecule has 0 N–H and O–H groups in total. The van der Waals surface area contributed by atoms with Crippen LogP contribution in [0.2, 0.25) is 37.8 Å². The quantitative estimate of drug-likeness (QED) is 0.372. The zero-order valence-corrected chi connectivity index (χ0v) is 18.8. The van der Waals surface area contributed by atoms with E-state index >= 15 is 0 Å². The molecule has 0 radical (unpaired) electrons. The molecule has 3 heteroatoms. The molecule has 1 nitrogen and oxygen atoms in total. The van der Waals surface area contributed by atoms with E-state index in [0.29, 0.717) is 5.92 Å². The van der Waals surface area contributed by atoms with Gasteiger partial charge in [-0.2, -0.15) is 0 Å². The van der Waals surface area contributed by atoms with Gasteiger partial charge in [0.05, 0.1) is 6.10 Å². The molecule has 0 aliphatic carbocycles. The summed E-state index contributed by atoms with van der Waals surface area (Å²) in [5.41, 5.74) is 4.82. The normalized spacial score (nSPS) is 14.6. The second kappa shape index (κ2) is 9.60. The molecule has 0 aliphatic heterocycles. The van der Waals surface area contributed by atoms with Gasteiger partial charge >= 0.3 is 0 Å². The SMILES string of the molecule is CC[Si](CC)(CC)O[C@H](c1ccccc1)[C@H](C)CC#C[Si](C)(C)C. The minimum Gasteiger partial charge on any atom is -0.410 e. The van der Waals surface area contributed by atoms with Crippen molar-refractivity contribution in [3.63, 3.8) is 0 Å². The molecule has 0 saturated carbocycles. The lowest BCUT2D eigenvalue weighted by atomic mass is 9.95. The van der Waals surface area contributed by atoms with Crippen LogP contribution in [0, 0.1) is 17.4 Å². The number of rotatable bonds is 8. The Morgan fingerprint density at radius 1 is 0.958 bits per heavy atom. The van der Waals surface area contributed by atoms with E-state index in [2.05, 4.69) is 89.1 Å². The van der Waals surface area contributed by atoms with Crippen molar-refractivity contribution in [3.05, 3.63) is 35.9 Å². The maximum Gasteiger partial charge on any atom is 0.192 e. The van der Waals surface area contributed by atoms with Gasteiger partial charge in [0.25, 0.3) is 0 Å². The zero-order valence-electron chi connectivity index (χ0n) is 16.8. The van der Waals surface area contributed by atoms with E-state index < -0.39 is 16.4 Å². The van der Waals surface area contributed by atoms with Gasteiger partial charge < -0.3 is 4.43 Å². The summed E-state index contributed by atoms with van der Waals surface area (Å²) in [6.45, 7) is 16.1. The van der Waals surface area contributed by atoms with Gasteiger partial charge in [0, 0.05) is 6.42 Å². The third kappa shape index (κ3) is 6.59. The van der Waals surface area contributed by atoms with E-state index in [4.69, 9.17) is 4.43 Å². The first kappa shape index (κ1) is 21.2. The first-order chi connectivity index (χ1) is 11.3. The molecular formula is C21H36OSi2. The number of benzene rings is 1. The molecule has 0 amide bonds. The zero-order chi connectivity index (χ0) is 18.2. The van der Waals surface area contributed by atoms with Crippen molar-refractivity contribution < 1.29 is 4.43 Å². The van der Waals surface area contributed by atoms with Crippen molar-refractivity contribution in [2.45, 2.75) is 78.0 Å². The van der Waals surface area contributed by atoms with Crippen LogP contribution in [0.15, 0.2) is 30.3 Å². The minimum absolute atomic E-state index is 0.175. The predicted octanol–water partition coefficient (Wildman–Crippen LogP) is 6.66. The molecular weight excluding hydrogens is 324 g/mol. The van der Waals surface area contributed by atoms with Crippen LogP contribution in [0.1, 0.15) is 45.8 Å². The molecule has 0 unspecified atom stereocenters. The van der Waals surface area contributed by atoms with Crippen LogP contribution in [0.4, 0.5) is 0 Å². The van der Waals surface area contributed by atoms with Gasteiger partial charge in [-0.3, -0.25) is 0 Å². The Morgan fingerprint density at radius 2 is 1.50 bits per heavy atom. The lowest BCUT2D eigenvalue weighted by Crippen LogP contribution is -2.38. The topological polar surface area (TPSA) is 9.23 Å². The van der Waals surface area contributed by atoms with E-state index in [1.165, 1.54) is 23.7 Å². The van der Waals surface area contributed by atoms with E-state index in [1.807, 2.05) is 0 Å². The largest absolute Gasteiger partial charge is 0.410 e. The van der Waals surface area contributed by atoms with Gasteiger partial charge in [0.2, 0.25) is 0 Å². The fourth-order valence-corrected chi connectivity index (χ4v) is 6.55. The van der Waals surface area contributed by atoms with Gasteiger partial charge in [-0.15, -0.1) is 11.5 Å². The Bertz CT molecular complexity index is 524. The van der Waals surface area contributed by atoms with Crippen LogP contribution < -0.4 is 0 Å². The summed E-state index contributed by atoms with van der Waals surface area (Å²) in [6.07, 6.45) is 1.10. The summed E-state index contributed by atoms with van der Waals surface area (Å²) in [5.74, 6) is 3.89. The average Bonchev–Trinajstić information content (AvgIpc) is 2.56. The van der Waals surface area contributed by atoms with E-state index in [-0.39, 0.29) is 6.10 Å². The fraction of sp³-hybridized carbons (Fsp3) is 0.619. The average molecular weight is 361 g/mol. The molecule has 0 fully saturated rings. The molecule has 0 saturated heterocycles. The van der Waals surface area contributed by atoms with Crippen LogP contribution in [0.3, 0.4) is 0 Å². The molecule has 2 atom stereocenters. The van der Waals surface area contributed by atoms with Crippen LogP contribution in [-0.4, -0.2) is 16.4 Å². The standard InChI is InChI=1S/C21H36OSi2/c1-8-24(9-2,10-3)22-21(20-16-12-11-13-17-20)19(4)15-14-18-23(5,6)7/h11-13,16-17,19,21H,8-10,15H2,1-7H3/t19-,21+/m1/s1. The summed E-state index contributed by atoms with van der Waals surface area (Å²) < 4.78 is 6.90. The summed E-state index contributed by atoms with van der Waals surface area (Å²) >= 11 is 0. The Balaban J connectivity index is 3.03. The van der Waals surface area contributed by atoms with Gasteiger partial charge in [-0.05, 0) is 29.6 Å². The van der Waals surface area contributed by atoms with Gasteiger partial charge in [0.15, 0.2) is 8.32 Å².